The predicted octanol–water partition coefficient (Wildman–Crippen LogP) is 3.04. The SMILES string of the molecule is CN(CCc1cccs1)C(=O)NCc1ccc([N+](=O)[O-])cc1. The lowest BCUT2D eigenvalue weighted by atomic mass is 10.2. The van der Waals surface area contributed by atoms with E-state index in [2.05, 4.69) is 5.32 Å². The number of rotatable bonds is 6. The zero-order chi connectivity index (χ0) is 15.9. The second kappa shape index (κ2) is 7.56. The largest absolute Gasteiger partial charge is 0.334 e. The summed E-state index contributed by atoms with van der Waals surface area (Å²) < 4.78 is 0. The van der Waals surface area contributed by atoms with Gasteiger partial charge in [0.1, 0.15) is 0 Å². The van der Waals surface area contributed by atoms with Crippen LogP contribution in [-0.4, -0.2) is 29.4 Å². The van der Waals surface area contributed by atoms with Crippen LogP contribution >= 0.6 is 11.3 Å². The molecule has 116 valence electrons. The van der Waals surface area contributed by atoms with Gasteiger partial charge in [-0.15, -0.1) is 11.3 Å². The van der Waals surface area contributed by atoms with Crippen LogP contribution < -0.4 is 5.32 Å². The number of carbonyl (C=O) groups is 1. The number of nitro groups is 1. The molecule has 6 nitrogen and oxygen atoms in total. The van der Waals surface area contributed by atoms with Gasteiger partial charge >= 0.3 is 6.03 Å². The fourth-order valence-corrected chi connectivity index (χ4v) is 2.58. The van der Waals surface area contributed by atoms with Gasteiger partial charge in [0, 0.05) is 37.1 Å². The highest BCUT2D eigenvalue weighted by Gasteiger charge is 2.09. The molecule has 0 atom stereocenters. The number of hydrogen-bond donors (Lipinski definition) is 1. The van der Waals surface area contributed by atoms with Gasteiger partial charge in [0.2, 0.25) is 0 Å². The van der Waals surface area contributed by atoms with Crippen molar-refractivity contribution >= 4 is 23.1 Å². The Balaban J connectivity index is 1.77. The van der Waals surface area contributed by atoms with Gasteiger partial charge in [0.05, 0.1) is 4.92 Å². The van der Waals surface area contributed by atoms with E-state index in [9.17, 15) is 14.9 Å². The molecular weight excluding hydrogens is 302 g/mol. The Kier molecular flexibility index (Phi) is 5.48. The van der Waals surface area contributed by atoms with Crippen LogP contribution in [0.1, 0.15) is 10.4 Å². The van der Waals surface area contributed by atoms with Crippen LogP contribution in [0.15, 0.2) is 41.8 Å². The van der Waals surface area contributed by atoms with Crippen molar-refractivity contribution in [1.82, 2.24) is 10.2 Å². The molecule has 1 aromatic carbocycles. The average Bonchev–Trinajstić information content (AvgIpc) is 3.04. The highest BCUT2D eigenvalue weighted by molar-refractivity contribution is 7.09. The Labute approximate surface area is 132 Å². The molecule has 2 amide bonds. The first-order chi connectivity index (χ1) is 10.6. The molecule has 1 heterocycles. The zero-order valence-electron chi connectivity index (χ0n) is 12.2. The molecule has 0 saturated heterocycles. The number of nitro benzene ring substituents is 1. The van der Waals surface area contributed by atoms with Crippen molar-refractivity contribution in [3.8, 4) is 0 Å². The fraction of sp³-hybridized carbons (Fsp3) is 0.267. The number of thiophene rings is 1. The number of amides is 2. The Morgan fingerprint density at radius 3 is 2.64 bits per heavy atom. The number of nitrogens with one attached hydrogen (secondary N) is 1. The lowest BCUT2D eigenvalue weighted by molar-refractivity contribution is -0.384. The molecular formula is C15H17N3O3S. The van der Waals surface area contributed by atoms with Gasteiger partial charge in [-0.25, -0.2) is 4.79 Å². The maximum absolute atomic E-state index is 12.0. The second-order valence-electron chi connectivity index (χ2n) is 4.83. The topological polar surface area (TPSA) is 75.5 Å². The Hall–Kier alpha value is -2.41. The number of likely N-dealkylation sites (N-methyl/N-ethyl adjacent to an activating group) is 1. The number of non-ortho nitro benzene ring substituents is 1. The molecule has 22 heavy (non-hydrogen) atoms. The van der Waals surface area contributed by atoms with Crippen molar-refractivity contribution in [2.75, 3.05) is 13.6 Å². The predicted molar refractivity (Wildman–Crippen MR) is 86.0 cm³/mol. The highest BCUT2D eigenvalue weighted by atomic mass is 32.1. The number of benzene rings is 1. The summed E-state index contributed by atoms with van der Waals surface area (Å²) in [6.07, 6.45) is 0.832. The van der Waals surface area contributed by atoms with Gasteiger partial charge in [-0.05, 0) is 23.4 Å². The summed E-state index contributed by atoms with van der Waals surface area (Å²) in [5.74, 6) is 0. The first kappa shape index (κ1) is 16.0. The zero-order valence-corrected chi connectivity index (χ0v) is 13.0. The Morgan fingerprint density at radius 1 is 1.32 bits per heavy atom. The van der Waals surface area contributed by atoms with E-state index in [-0.39, 0.29) is 11.7 Å². The van der Waals surface area contributed by atoms with Crippen LogP contribution in [0, 0.1) is 10.1 Å². The average molecular weight is 319 g/mol. The molecule has 0 radical (unpaired) electrons. The van der Waals surface area contributed by atoms with E-state index in [0.29, 0.717) is 13.1 Å². The molecule has 0 aliphatic carbocycles. The minimum Gasteiger partial charge on any atom is -0.334 e. The molecule has 0 saturated carbocycles. The summed E-state index contributed by atoms with van der Waals surface area (Å²) in [7, 11) is 1.75. The maximum atomic E-state index is 12.0. The molecule has 1 N–H and O–H groups in total. The summed E-state index contributed by atoms with van der Waals surface area (Å²) in [6, 6.07) is 10.0. The van der Waals surface area contributed by atoms with Crippen LogP contribution in [-0.2, 0) is 13.0 Å². The molecule has 0 unspecified atom stereocenters. The minimum absolute atomic E-state index is 0.0446. The first-order valence-electron chi connectivity index (χ1n) is 6.81. The Bertz CT molecular complexity index is 626. The fourth-order valence-electron chi connectivity index (χ4n) is 1.88. The van der Waals surface area contributed by atoms with Gasteiger partial charge in [0.15, 0.2) is 0 Å². The molecule has 2 rings (SSSR count). The van der Waals surface area contributed by atoms with E-state index < -0.39 is 4.92 Å². The van der Waals surface area contributed by atoms with E-state index in [4.69, 9.17) is 0 Å². The van der Waals surface area contributed by atoms with Crippen LogP contribution in [0.25, 0.3) is 0 Å². The maximum Gasteiger partial charge on any atom is 0.317 e. The van der Waals surface area contributed by atoms with Crippen molar-refractivity contribution in [2.45, 2.75) is 13.0 Å². The van der Waals surface area contributed by atoms with Gasteiger partial charge in [-0.3, -0.25) is 10.1 Å². The number of hydrogen-bond acceptors (Lipinski definition) is 4. The van der Waals surface area contributed by atoms with Crippen LogP contribution in [0.2, 0.25) is 0 Å². The lowest BCUT2D eigenvalue weighted by Gasteiger charge is -2.17. The molecule has 0 bridgehead atoms. The summed E-state index contributed by atoms with van der Waals surface area (Å²) in [6.45, 7) is 0.993. The van der Waals surface area contributed by atoms with Crippen LogP contribution in [0.3, 0.4) is 0 Å². The van der Waals surface area contributed by atoms with Gasteiger partial charge in [-0.2, -0.15) is 0 Å². The molecule has 0 aliphatic heterocycles. The monoisotopic (exact) mass is 319 g/mol. The third kappa shape index (κ3) is 4.56. The number of nitrogens with zero attached hydrogens (tertiary/aromatic N) is 2. The second-order valence-corrected chi connectivity index (χ2v) is 5.87. The van der Waals surface area contributed by atoms with Crippen molar-refractivity contribution < 1.29 is 9.72 Å². The Morgan fingerprint density at radius 2 is 2.05 bits per heavy atom. The van der Waals surface area contributed by atoms with Crippen molar-refractivity contribution in [1.29, 1.82) is 0 Å². The number of urea groups is 1. The molecule has 0 fully saturated rings. The van der Waals surface area contributed by atoms with Crippen molar-refractivity contribution in [3.63, 3.8) is 0 Å². The summed E-state index contributed by atoms with van der Waals surface area (Å²) in [4.78, 5) is 25.0. The van der Waals surface area contributed by atoms with Crippen molar-refractivity contribution in [2.24, 2.45) is 0 Å². The third-order valence-corrected chi connectivity index (χ3v) is 4.15. The van der Waals surface area contributed by atoms with E-state index in [0.717, 1.165) is 12.0 Å². The molecule has 0 spiro atoms. The van der Waals surface area contributed by atoms with E-state index >= 15 is 0 Å². The molecule has 0 aliphatic rings. The summed E-state index contributed by atoms with van der Waals surface area (Å²) >= 11 is 1.68. The first-order valence-corrected chi connectivity index (χ1v) is 7.69. The molecule has 7 heteroatoms. The lowest BCUT2D eigenvalue weighted by Crippen LogP contribution is -2.37. The summed E-state index contributed by atoms with van der Waals surface area (Å²) in [5.41, 5.74) is 0.869. The van der Waals surface area contributed by atoms with Crippen LogP contribution in [0.5, 0.6) is 0 Å². The van der Waals surface area contributed by atoms with Crippen LogP contribution in [0.4, 0.5) is 10.5 Å². The standard InChI is InChI=1S/C15H17N3O3S/c1-17(9-8-14-3-2-10-22-14)15(19)16-11-12-4-6-13(7-5-12)18(20)21/h2-7,10H,8-9,11H2,1H3,(H,16,19). The van der Waals surface area contributed by atoms with Gasteiger partial charge in [0.25, 0.3) is 5.69 Å². The van der Waals surface area contributed by atoms with Gasteiger partial charge in [-0.1, -0.05) is 18.2 Å². The van der Waals surface area contributed by atoms with E-state index in [1.54, 1.807) is 35.4 Å². The smallest absolute Gasteiger partial charge is 0.317 e. The molecule has 2 aromatic rings. The molecule has 1 aromatic heterocycles. The minimum atomic E-state index is -0.444. The van der Waals surface area contributed by atoms with E-state index in [1.807, 2.05) is 17.5 Å². The normalized spacial score (nSPS) is 10.2. The van der Waals surface area contributed by atoms with Gasteiger partial charge < -0.3 is 10.2 Å². The van der Waals surface area contributed by atoms with E-state index in [1.165, 1.54) is 17.0 Å². The third-order valence-electron chi connectivity index (χ3n) is 3.21. The quantitative estimate of drug-likeness (QED) is 0.657. The number of carbonyl (C=O) groups excluding carboxylic acids is 1. The summed E-state index contributed by atoms with van der Waals surface area (Å²) in [5, 5.41) is 15.4. The highest BCUT2D eigenvalue weighted by Crippen LogP contribution is 2.12. The van der Waals surface area contributed by atoms with Crippen molar-refractivity contribution in [3.05, 3.63) is 62.3 Å².